The summed E-state index contributed by atoms with van der Waals surface area (Å²) in [4.78, 5) is 3.84. The molecule has 1 aliphatic heterocycles. The van der Waals surface area contributed by atoms with E-state index in [-0.39, 0.29) is 11.7 Å². The first-order chi connectivity index (χ1) is 12.4. The van der Waals surface area contributed by atoms with Gasteiger partial charge >= 0.3 is 7.80 Å². The van der Waals surface area contributed by atoms with Gasteiger partial charge in [0.1, 0.15) is 30.9 Å². The van der Waals surface area contributed by atoms with Gasteiger partial charge in [0.05, 0.1) is 12.7 Å². The first-order valence-electron chi connectivity index (χ1n) is 8.37. The van der Waals surface area contributed by atoms with Crippen molar-refractivity contribution < 1.29 is 23.7 Å². The summed E-state index contributed by atoms with van der Waals surface area (Å²) in [5.74, 6) is 0.517. The molecule has 1 aromatic heterocycles. The summed E-state index contributed by atoms with van der Waals surface area (Å²) in [6.07, 6.45) is -0.406. The van der Waals surface area contributed by atoms with Crippen molar-refractivity contribution in [3.05, 3.63) is 12.2 Å². The topological polar surface area (TPSA) is 157 Å². The Hall–Kier alpha value is -1.10. The Labute approximate surface area is 157 Å². The highest BCUT2D eigenvalue weighted by Crippen LogP contribution is 2.33. The van der Waals surface area contributed by atoms with Crippen molar-refractivity contribution >= 4 is 25.7 Å². The van der Waals surface area contributed by atoms with E-state index in [4.69, 9.17) is 20.1 Å². The number of nitrogens with one attached hydrogen (secondary N) is 1. The van der Waals surface area contributed by atoms with Crippen LogP contribution < -0.4 is 5.73 Å². The molecule has 0 aromatic carbocycles. The van der Waals surface area contributed by atoms with E-state index in [1.807, 2.05) is 6.92 Å². The summed E-state index contributed by atoms with van der Waals surface area (Å²) in [5.41, 5.74) is 5.31. The molecular weight excluding hydrogens is 381 g/mol. The lowest BCUT2D eigenvalue weighted by Gasteiger charge is -2.13. The van der Waals surface area contributed by atoms with Gasteiger partial charge in [0.15, 0.2) is 12.1 Å². The van der Waals surface area contributed by atoms with E-state index in [0.29, 0.717) is 25.4 Å². The summed E-state index contributed by atoms with van der Waals surface area (Å²) in [7, 11) is -1.40. The average molecular weight is 406 g/mol. The Bertz CT molecular complexity index is 618. The zero-order chi connectivity index (χ0) is 19.1. The third-order valence-corrected chi connectivity index (χ3v) is 6.28. The molecule has 5 N–H and O–H groups in total. The predicted molar refractivity (Wildman–Crippen MR) is 97.6 cm³/mol. The molecule has 26 heavy (non-hydrogen) atoms. The van der Waals surface area contributed by atoms with E-state index >= 15 is 0 Å². The number of ether oxygens (including phenoxy) is 1. The van der Waals surface area contributed by atoms with Gasteiger partial charge in [-0.3, -0.25) is 5.41 Å². The normalized spacial score (nSPS) is 26.2. The van der Waals surface area contributed by atoms with Crippen molar-refractivity contribution in [2.45, 2.75) is 44.3 Å². The number of nitrogens with two attached hydrogens (primary N) is 1. The Kier molecular flexibility index (Phi) is 8.39. The first kappa shape index (κ1) is 21.2. The van der Waals surface area contributed by atoms with Crippen molar-refractivity contribution in [3.63, 3.8) is 0 Å². The van der Waals surface area contributed by atoms with Crippen LogP contribution in [0.2, 0.25) is 0 Å². The van der Waals surface area contributed by atoms with Crippen LogP contribution in [0.4, 0.5) is 0 Å². The van der Waals surface area contributed by atoms with Crippen LogP contribution in [0, 0.1) is 5.41 Å². The van der Waals surface area contributed by atoms with Gasteiger partial charge < -0.3 is 24.9 Å². The second-order valence-corrected chi connectivity index (χ2v) is 8.55. The van der Waals surface area contributed by atoms with Gasteiger partial charge in [0.2, 0.25) is 5.82 Å². The monoisotopic (exact) mass is 406 g/mol. The standard InChI is InChI=1S/C14H25N5O5PS/c1-2-23-26-7-3-5-25(22)6-4-9-10(20)11(21)14(24-9)19-8-17-13(18-19)12(15)16/h8-11,14,20-21H,2-7H2,1H3,(H3,15,16)/q+1. The summed E-state index contributed by atoms with van der Waals surface area (Å²) >= 11 is 1.38. The molecule has 10 nitrogen and oxygen atoms in total. The summed E-state index contributed by atoms with van der Waals surface area (Å²) in [5, 5.41) is 31.6. The fourth-order valence-electron chi connectivity index (χ4n) is 2.53. The second-order valence-electron chi connectivity index (χ2n) is 5.81. The van der Waals surface area contributed by atoms with Crippen molar-refractivity contribution in [2.24, 2.45) is 5.73 Å². The van der Waals surface area contributed by atoms with Crippen molar-refractivity contribution in [2.75, 3.05) is 24.7 Å². The van der Waals surface area contributed by atoms with Crippen LogP contribution in [-0.2, 0) is 13.5 Å². The van der Waals surface area contributed by atoms with Gasteiger partial charge in [-0.1, -0.05) is 4.57 Å². The molecule has 12 heteroatoms. The van der Waals surface area contributed by atoms with Gasteiger partial charge in [0.25, 0.3) is 0 Å². The fourth-order valence-corrected chi connectivity index (χ4v) is 4.57. The molecule has 1 saturated heterocycles. The van der Waals surface area contributed by atoms with Crippen LogP contribution in [-0.4, -0.2) is 73.8 Å². The maximum Gasteiger partial charge on any atom is 0.338 e. The average Bonchev–Trinajstić information content (AvgIpc) is 3.20. The maximum absolute atomic E-state index is 12.1. The van der Waals surface area contributed by atoms with E-state index in [1.165, 1.54) is 23.1 Å². The number of hydrogen-bond donors (Lipinski definition) is 4. The van der Waals surface area contributed by atoms with Crippen LogP contribution in [0.5, 0.6) is 0 Å². The fraction of sp³-hybridized carbons (Fsp3) is 0.786. The highest BCUT2D eigenvalue weighted by molar-refractivity contribution is 7.94. The second kappa shape index (κ2) is 10.3. The van der Waals surface area contributed by atoms with Crippen LogP contribution in [0.15, 0.2) is 6.33 Å². The zero-order valence-corrected chi connectivity index (χ0v) is 16.2. The van der Waals surface area contributed by atoms with Crippen molar-refractivity contribution in [1.82, 2.24) is 14.8 Å². The molecule has 5 unspecified atom stereocenters. The van der Waals surface area contributed by atoms with Gasteiger partial charge in [-0.05, 0) is 19.0 Å². The Morgan fingerprint density at radius 2 is 2.27 bits per heavy atom. The lowest BCUT2D eigenvalue weighted by atomic mass is 10.1. The molecule has 1 fully saturated rings. The molecule has 146 valence electrons. The molecule has 5 atom stereocenters. The van der Waals surface area contributed by atoms with E-state index in [2.05, 4.69) is 10.1 Å². The summed E-state index contributed by atoms with van der Waals surface area (Å²) < 4.78 is 24.1. The minimum Gasteiger partial charge on any atom is -0.388 e. The molecule has 0 saturated carbocycles. The molecule has 0 aliphatic carbocycles. The molecule has 2 heterocycles. The quantitative estimate of drug-likeness (QED) is 0.135. The molecule has 1 aromatic rings. The smallest absolute Gasteiger partial charge is 0.338 e. The van der Waals surface area contributed by atoms with Crippen molar-refractivity contribution in [1.29, 1.82) is 5.41 Å². The lowest BCUT2D eigenvalue weighted by Crippen LogP contribution is -2.32. The number of amidine groups is 1. The van der Waals surface area contributed by atoms with E-state index in [0.717, 1.165) is 12.2 Å². The summed E-state index contributed by atoms with van der Waals surface area (Å²) in [6.45, 7) is 2.57. The molecular formula is C14H25N5O5PS+. The lowest BCUT2D eigenvalue weighted by molar-refractivity contribution is -0.0449. The maximum atomic E-state index is 12.1. The van der Waals surface area contributed by atoms with E-state index in [1.54, 1.807) is 0 Å². The van der Waals surface area contributed by atoms with Gasteiger partial charge in [-0.2, -0.15) is 0 Å². The zero-order valence-electron chi connectivity index (χ0n) is 14.5. The van der Waals surface area contributed by atoms with Crippen LogP contribution in [0.25, 0.3) is 0 Å². The number of aromatic nitrogens is 3. The number of aliphatic hydroxyl groups is 2. The number of aliphatic hydroxyl groups excluding tert-OH is 2. The van der Waals surface area contributed by atoms with Crippen LogP contribution in [0.1, 0.15) is 31.8 Å². The highest BCUT2D eigenvalue weighted by Gasteiger charge is 2.44. The molecule has 0 radical (unpaired) electrons. The number of nitrogen functional groups attached to an aromatic ring is 1. The molecule has 1 aliphatic rings. The Morgan fingerprint density at radius 1 is 1.50 bits per heavy atom. The third kappa shape index (κ3) is 5.70. The SMILES string of the molecule is CCOSCCC[P+](=O)CCC1OC(n2cnc(C(=N)N)n2)C(O)C1O. The van der Waals surface area contributed by atoms with E-state index in [9.17, 15) is 14.8 Å². The number of rotatable bonds is 11. The minimum absolute atomic E-state index is 0.0201. The third-order valence-electron chi connectivity index (χ3n) is 3.85. The minimum atomic E-state index is -1.40. The van der Waals surface area contributed by atoms with Crippen LogP contribution in [0.3, 0.4) is 0 Å². The molecule has 0 bridgehead atoms. The molecule has 0 amide bonds. The van der Waals surface area contributed by atoms with Crippen molar-refractivity contribution in [3.8, 4) is 0 Å². The van der Waals surface area contributed by atoms with Gasteiger partial charge in [-0.15, -0.1) is 5.10 Å². The van der Waals surface area contributed by atoms with E-state index < -0.39 is 32.3 Å². The molecule has 2 rings (SSSR count). The highest BCUT2D eigenvalue weighted by atomic mass is 32.2. The van der Waals surface area contributed by atoms with Gasteiger partial charge in [-0.25, -0.2) is 9.67 Å². The predicted octanol–water partition coefficient (Wildman–Crippen LogP) is 0.474. The Balaban J connectivity index is 1.79. The molecule has 0 spiro atoms. The number of hydrogen-bond acceptors (Lipinski definition) is 9. The first-order valence-corrected chi connectivity index (χ1v) is 10.9. The number of nitrogens with zero attached hydrogens (tertiary/aromatic N) is 3. The largest absolute Gasteiger partial charge is 0.388 e. The van der Waals surface area contributed by atoms with Crippen LogP contribution >= 0.6 is 19.8 Å². The van der Waals surface area contributed by atoms with Gasteiger partial charge in [0, 0.05) is 18.6 Å². The Morgan fingerprint density at radius 3 is 2.92 bits per heavy atom. The summed E-state index contributed by atoms with van der Waals surface area (Å²) in [6, 6.07) is 0.